The molecule has 1 saturated heterocycles. The van der Waals surface area contributed by atoms with Crippen LogP contribution in [0.3, 0.4) is 0 Å². The van der Waals surface area contributed by atoms with E-state index in [9.17, 15) is 14.4 Å². The van der Waals surface area contributed by atoms with Crippen molar-refractivity contribution >= 4 is 23.4 Å². The molecule has 0 saturated carbocycles. The van der Waals surface area contributed by atoms with Gasteiger partial charge in [0, 0.05) is 30.6 Å². The average molecular weight is 388 g/mol. The summed E-state index contributed by atoms with van der Waals surface area (Å²) in [7, 11) is 0. The van der Waals surface area contributed by atoms with Crippen LogP contribution in [0.1, 0.15) is 59.4 Å². The maximum Gasteiger partial charge on any atom is 0.243 e. The molecule has 154 valence electrons. The molecule has 2 N–H and O–H groups in total. The quantitative estimate of drug-likeness (QED) is 0.786. The number of nitrogens with zero attached hydrogens (tertiary/aromatic N) is 1. The summed E-state index contributed by atoms with van der Waals surface area (Å²) >= 11 is 0. The van der Waals surface area contributed by atoms with E-state index in [4.69, 9.17) is 0 Å². The highest BCUT2D eigenvalue weighted by molar-refractivity contribution is 5.91. The number of carbonyl (C=O) groups is 3. The second-order valence-corrected chi connectivity index (χ2v) is 8.97. The van der Waals surface area contributed by atoms with E-state index in [1.807, 2.05) is 58.9 Å². The van der Waals surface area contributed by atoms with Crippen LogP contribution in [0.25, 0.3) is 0 Å². The molecular weight excluding hydrogens is 354 g/mol. The zero-order chi connectivity index (χ0) is 20.9. The van der Waals surface area contributed by atoms with Gasteiger partial charge in [-0.3, -0.25) is 14.4 Å². The number of benzene rings is 1. The molecule has 3 amide bonds. The van der Waals surface area contributed by atoms with Crippen LogP contribution >= 0.6 is 0 Å². The Bertz CT molecular complexity index is 722. The molecule has 0 radical (unpaired) electrons. The molecule has 28 heavy (non-hydrogen) atoms. The van der Waals surface area contributed by atoms with E-state index in [1.54, 1.807) is 4.90 Å². The highest BCUT2D eigenvalue weighted by atomic mass is 16.2. The molecule has 1 aromatic rings. The number of hydrogen-bond acceptors (Lipinski definition) is 3. The van der Waals surface area contributed by atoms with Crippen LogP contribution in [0.5, 0.6) is 0 Å². The van der Waals surface area contributed by atoms with Gasteiger partial charge in [0.05, 0.1) is 0 Å². The van der Waals surface area contributed by atoms with E-state index in [0.29, 0.717) is 31.8 Å². The van der Waals surface area contributed by atoms with Crippen molar-refractivity contribution in [2.45, 2.75) is 66.5 Å². The lowest BCUT2D eigenvalue weighted by Gasteiger charge is -2.30. The highest BCUT2D eigenvalue weighted by Crippen LogP contribution is 2.25. The Balaban J connectivity index is 1.94. The van der Waals surface area contributed by atoms with Crippen LogP contribution in [0.4, 0.5) is 5.69 Å². The van der Waals surface area contributed by atoms with Crippen molar-refractivity contribution < 1.29 is 14.4 Å². The lowest BCUT2D eigenvalue weighted by atomic mass is 9.94. The van der Waals surface area contributed by atoms with Gasteiger partial charge in [0.25, 0.3) is 0 Å². The number of amides is 3. The van der Waals surface area contributed by atoms with Crippen LogP contribution in [-0.4, -0.2) is 35.2 Å². The molecule has 1 aliphatic rings. The zero-order valence-corrected chi connectivity index (χ0v) is 17.7. The third kappa shape index (κ3) is 6.08. The van der Waals surface area contributed by atoms with Gasteiger partial charge in [0.15, 0.2) is 0 Å². The Labute approximate surface area is 168 Å². The fraction of sp³-hybridized carbons (Fsp3) is 0.591. The van der Waals surface area contributed by atoms with Crippen LogP contribution < -0.4 is 10.6 Å². The molecule has 1 aliphatic heterocycles. The maximum atomic E-state index is 12.7. The summed E-state index contributed by atoms with van der Waals surface area (Å²) in [6.45, 7) is 10.6. The Hall–Kier alpha value is -2.37. The smallest absolute Gasteiger partial charge is 0.243 e. The minimum Gasteiger partial charge on any atom is -0.350 e. The van der Waals surface area contributed by atoms with Gasteiger partial charge < -0.3 is 15.5 Å². The van der Waals surface area contributed by atoms with Gasteiger partial charge in [-0.15, -0.1) is 0 Å². The normalized spacial score (nSPS) is 16.9. The highest BCUT2D eigenvalue weighted by Gasteiger charge is 2.38. The molecule has 1 unspecified atom stereocenters. The van der Waals surface area contributed by atoms with Gasteiger partial charge in [-0.2, -0.15) is 0 Å². The van der Waals surface area contributed by atoms with Crippen molar-refractivity contribution in [1.29, 1.82) is 0 Å². The number of anilines is 1. The molecule has 6 heteroatoms. The molecule has 1 aromatic carbocycles. The number of rotatable bonds is 6. The van der Waals surface area contributed by atoms with Gasteiger partial charge in [0.2, 0.25) is 17.7 Å². The van der Waals surface area contributed by atoms with Crippen LogP contribution in [0, 0.1) is 11.3 Å². The first-order valence-electron chi connectivity index (χ1n) is 10.1. The Kier molecular flexibility index (Phi) is 7.22. The SMILES string of the molecule is CC(C)CC(=O)Nc1cccc(CNC(=O)C2CCCN2C(=O)C(C)(C)C)c1. The molecular formula is C22H33N3O3. The summed E-state index contributed by atoms with van der Waals surface area (Å²) in [6, 6.07) is 7.07. The van der Waals surface area contributed by atoms with Crippen molar-refractivity contribution in [3.8, 4) is 0 Å². The topological polar surface area (TPSA) is 78.5 Å². The summed E-state index contributed by atoms with van der Waals surface area (Å²) in [5.74, 6) is 0.176. The fourth-order valence-corrected chi connectivity index (χ4v) is 3.36. The molecule has 0 aromatic heterocycles. The van der Waals surface area contributed by atoms with Crippen molar-refractivity contribution in [2.75, 3.05) is 11.9 Å². The summed E-state index contributed by atoms with van der Waals surface area (Å²) in [5, 5.41) is 5.83. The van der Waals surface area contributed by atoms with Crippen molar-refractivity contribution in [2.24, 2.45) is 11.3 Å². The Morgan fingerprint density at radius 3 is 2.57 bits per heavy atom. The largest absolute Gasteiger partial charge is 0.350 e. The van der Waals surface area contributed by atoms with E-state index < -0.39 is 11.5 Å². The molecule has 0 aliphatic carbocycles. The number of carbonyl (C=O) groups excluding carboxylic acids is 3. The fourth-order valence-electron chi connectivity index (χ4n) is 3.36. The minimum atomic E-state index is -0.495. The first-order chi connectivity index (χ1) is 13.1. The van der Waals surface area contributed by atoms with E-state index in [2.05, 4.69) is 10.6 Å². The van der Waals surface area contributed by atoms with E-state index in [0.717, 1.165) is 17.7 Å². The van der Waals surface area contributed by atoms with E-state index >= 15 is 0 Å². The third-order valence-electron chi connectivity index (χ3n) is 4.73. The maximum absolute atomic E-state index is 12.7. The predicted molar refractivity (Wildman–Crippen MR) is 111 cm³/mol. The molecule has 0 spiro atoms. The first kappa shape index (κ1) is 21.9. The van der Waals surface area contributed by atoms with Crippen molar-refractivity contribution in [1.82, 2.24) is 10.2 Å². The van der Waals surface area contributed by atoms with Crippen molar-refractivity contribution in [3.05, 3.63) is 29.8 Å². The van der Waals surface area contributed by atoms with Gasteiger partial charge in [-0.25, -0.2) is 0 Å². The molecule has 6 nitrogen and oxygen atoms in total. The van der Waals surface area contributed by atoms with Crippen LogP contribution in [0.15, 0.2) is 24.3 Å². The van der Waals surface area contributed by atoms with Crippen LogP contribution in [-0.2, 0) is 20.9 Å². The molecule has 1 atom stereocenters. The summed E-state index contributed by atoms with van der Waals surface area (Å²) in [4.78, 5) is 38.9. The van der Waals surface area contributed by atoms with Crippen LogP contribution in [0.2, 0.25) is 0 Å². The van der Waals surface area contributed by atoms with Gasteiger partial charge >= 0.3 is 0 Å². The molecule has 0 bridgehead atoms. The number of hydrogen-bond donors (Lipinski definition) is 2. The van der Waals surface area contributed by atoms with Gasteiger partial charge in [0.1, 0.15) is 6.04 Å². The standard InChI is InChI=1S/C22H33N3O3/c1-15(2)12-19(26)24-17-9-6-8-16(13-17)14-23-20(27)18-10-7-11-25(18)21(28)22(3,4)5/h6,8-9,13,15,18H,7,10-12,14H2,1-5H3,(H,23,27)(H,24,26). The number of likely N-dealkylation sites (tertiary alicyclic amines) is 1. The number of nitrogens with one attached hydrogen (secondary N) is 2. The summed E-state index contributed by atoms with van der Waals surface area (Å²) in [5.41, 5.74) is 1.14. The second kappa shape index (κ2) is 9.22. The molecule has 1 heterocycles. The summed E-state index contributed by atoms with van der Waals surface area (Å²) in [6.07, 6.45) is 2.01. The Morgan fingerprint density at radius 2 is 1.93 bits per heavy atom. The van der Waals surface area contributed by atoms with E-state index in [1.165, 1.54) is 0 Å². The minimum absolute atomic E-state index is 0.0139. The average Bonchev–Trinajstić information content (AvgIpc) is 3.07. The second-order valence-electron chi connectivity index (χ2n) is 8.97. The van der Waals surface area contributed by atoms with Gasteiger partial charge in [-0.05, 0) is 36.5 Å². The first-order valence-corrected chi connectivity index (χ1v) is 10.1. The predicted octanol–water partition coefficient (Wildman–Crippen LogP) is 3.32. The van der Waals surface area contributed by atoms with Crippen molar-refractivity contribution in [3.63, 3.8) is 0 Å². The summed E-state index contributed by atoms with van der Waals surface area (Å²) < 4.78 is 0. The monoisotopic (exact) mass is 387 g/mol. The molecule has 1 fully saturated rings. The Morgan fingerprint density at radius 1 is 1.21 bits per heavy atom. The lowest BCUT2D eigenvalue weighted by Crippen LogP contribution is -2.49. The third-order valence-corrected chi connectivity index (χ3v) is 4.73. The van der Waals surface area contributed by atoms with E-state index in [-0.39, 0.29) is 17.7 Å². The zero-order valence-electron chi connectivity index (χ0n) is 17.7. The molecule has 2 rings (SSSR count). The van der Waals surface area contributed by atoms with Gasteiger partial charge in [-0.1, -0.05) is 46.8 Å². The lowest BCUT2D eigenvalue weighted by molar-refractivity contribution is -0.144.